The van der Waals surface area contributed by atoms with Crippen LogP contribution in [-0.4, -0.2) is 24.5 Å². The molecular formula is C13H18N2O3. The fraction of sp³-hybridized carbons (Fsp3) is 0.385. The zero-order valence-corrected chi connectivity index (χ0v) is 10.8. The zero-order valence-electron chi connectivity index (χ0n) is 10.8. The first-order chi connectivity index (χ1) is 8.33. The summed E-state index contributed by atoms with van der Waals surface area (Å²) in [6.07, 6.45) is 0.169. The Balaban J connectivity index is 2.85. The lowest BCUT2D eigenvalue weighted by Crippen LogP contribution is -2.36. The average molecular weight is 250 g/mol. The molecule has 3 N–H and O–H groups in total. The molecule has 1 amide bonds. The van der Waals surface area contributed by atoms with Gasteiger partial charge >= 0.3 is 5.97 Å². The molecule has 0 aromatic heterocycles. The van der Waals surface area contributed by atoms with Crippen LogP contribution in [0.1, 0.15) is 30.6 Å². The van der Waals surface area contributed by atoms with Crippen molar-refractivity contribution in [3.8, 4) is 0 Å². The van der Waals surface area contributed by atoms with Crippen molar-refractivity contribution in [3.63, 3.8) is 0 Å². The highest BCUT2D eigenvalue weighted by Crippen LogP contribution is 2.17. The number of ether oxygens (including phenoxy) is 1. The Labute approximate surface area is 106 Å². The number of nitrogens with two attached hydrogens (primary N) is 1. The third-order valence-electron chi connectivity index (χ3n) is 2.22. The minimum absolute atomic E-state index is 0.169. The molecule has 0 saturated carbocycles. The summed E-state index contributed by atoms with van der Waals surface area (Å²) in [4.78, 5) is 23.3. The third kappa shape index (κ3) is 4.18. The van der Waals surface area contributed by atoms with Crippen LogP contribution in [0.5, 0.6) is 0 Å². The van der Waals surface area contributed by atoms with Gasteiger partial charge in [0.05, 0.1) is 18.4 Å². The maximum Gasteiger partial charge on any atom is 0.339 e. The molecule has 0 heterocycles. The van der Waals surface area contributed by atoms with E-state index < -0.39 is 11.5 Å². The number of rotatable bonds is 4. The number of hydrogen-bond acceptors (Lipinski definition) is 4. The number of methoxy groups -OCH3 is 1. The summed E-state index contributed by atoms with van der Waals surface area (Å²) in [6.45, 7) is 3.53. The van der Waals surface area contributed by atoms with Crippen molar-refractivity contribution >= 4 is 17.6 Å². The van der Waals surface area contributed by atoms with E-state index in [1.165, 1.54) is 7.11 Å². The number of para-hydroxylation sites is 1. The molecule has 5 nitrogen and oxygen atoms in total. The van der Waals surface area contributed by atoms with Crippen LogP contribution in [0.4, 0.5) is 5.69 Å². The van der Waals surface area contributed by atoms with Gasteiger partial charge in [0, 0.05) is 12.0 Å². The molecule has 1 aromatic carbocycles. The molecule has 0 spiro atoms. The first-order valence-electron chi connectivity index (χ1n) is 5.59. The summed E-state index contributed by atoms with van der Waals surface area (Å²) in [7, 11) is 1.30. The summed E-state index contributed by atoms with van der Waals surface area (Å²) >= 11 is 0. The van der Waals surface area contributed by atoms with E-state index >= 15 is 0 Å². The molecule has 98 valence electrons. The van der Waals surface area contributed by atoms with E-state index in [2.05, 4.69) is 10.1 Å². The van der Waals surface area contributed by atoms with Gasteiger partial charge in [-0.1, -0.05) is 12.1 Å². The number of esters is 1. The Morgan fingerprint density at radius 1 is 1.33 bits per heavy atom. The minimum atomic E-state index is -0.593. The lowest BCUT2D eigenvalue weighted by Gasteiger charge is -2.18. The second kappa shape index (κ2) is 5.64. The summed E-state index contributed by atoms with van der Waals surface area (Å²) in [5, 5.41) is 2.66. The van der Waals surface area contributed by atoms with E-state index in [0.717, 1.165) is 0 Å². The largest absolute Gasteiger partial charge is 0.465 e. The molecule has 5 heteroatoms. The quantitative estimate of drug-likeness (QED) is 0.794. The predicted molar refractivity (Wildman–Crippen MR) is 69.3 cm³/mol. The van der Waals surface area contributed by atoms with Crippen LogP contribution in [0.15, 0.2) is 24.3 Å². The normalized spacial score (nSPS) is 10.9. The summed E-state index contributed by atoms with van der Waals surface area (Å²) in [6, 6.07) is 6.67. The fourth-order valence-electron chi connectivity index (χ4n) is 1.49. The lowest BCUT2D eigenvalue weighted by atomic mass is 10.0. The Bertz CT molecular complexity index is 450. The van der Waals surface area contributed by atoms with Crippen molar-refractivity contribution in [2.24, 2.45) is 5.73 Å². The van der Waals surface area contributed by atoms with E-state index in [9.17, 15) is 9.59 Å². The molecule has 0 bridgehead atoms. The Morgan fingerprint density at radius 2 is 1.94 bits per heavy atom. The van der Waals surface area contributed by atoms with E-state index in [0.29, 0.717) is 11.3 Å². The zero-order chi connectivity index (χ0) is 13.8. The van der Waals surface area contributed by atoms with Crippen LogP contribution in [0.3, 0.4) is 0 Å². The number of hydrogen-bond donors (Lipinski definition) is 2. The maximum atomic E-state index is 11.7. The van der Waals surface area contributed by atoms with Gasteiger partial charge in [-0.2, -0.15) is 0 Å². The number of carbonyl (C=O) groups excluding carboxylic acids is 2. The van der Waals surface area contributed by atoms with Crippen LogP contribution in [-0.2, 0) is 9.53 Å². The Hall–Kier alpha value is -1.88. The number of benzene rings is 1. The third-order valence-corrected chi connectivity index (χ3v) is 2.22. The first-order valence-corrected chi connectivity index (χ1v) is 5.59. The highest BCUT2D eigenvalue weighted by Gasteiger charge is 2.18. The second-order valence-electron chi connectivity index (χ2n) is 4.75. The van der Waals surface area contributed by atoms with Gasteiger partial charge in [0.25, 0.3) is 0 Å². The van der Waals surface area contributed by atoms with Gasteiger partial charge < -0.3 is 15.8 Å². The smallest absolute Gasteiger partial charge is 0.339 e. The molecule has 18 heavy (non-hydrogen) atoms. The molecule has 0 aliphatic rings. The predicted octanol–water partition coefficient (Wildman–Crippen LogP) is 1.54. The van der Waals surface area contributed by atoms with Crippen LogP contribution in [0.25, 0.3) is 0 Å². The molecule has 0 saturated heterocycles. The molecule has 0 aliphatic heterocycles. The fourth-order valence-corrected chi connectivity index (χ4v) is 1.49. The number of amides is 1. The average Bonchev–Trinajstić information content (AvgIpc) is 2.26. The van der Waals surface area contributed by atoms with Crippen molar-refractivity contribution < 1.29 is 14.3 Å². The first kappa shape index (κ1) is 14.2. The monoisotopic (exact) mass is 250 g/mol. The van der Waals surface area contributed by atoms with Crippen LogP contribution in [0.2, 0.25) is 0 Å². The van der Waals surface area contributed by atoms with Crippen molar-refractivity contribution in [2.45, 2.75) is 25.8 Å². The lowest BCUT2D eigenvalue weighted by molar-refractivity contribution is -0.117. The molecule has 0 unspecified atom stereocenters. The molecule has 0 radical (unpaired) electrons. The SMILES string of the molecule is COC(=O)c1ccccc1NC(=O)CC(C)(C)N. The topological polar surface area (TPSA) is 81.4 Å². The number of nitrogens with one attached hydrogen (secondary N) is 1. The van der Waals surface area contributed by atoms with Gasteiger partial charge in [-0.05, 0) is 26.0 Å². The Kier molecular flexibility index (Phi) is 4.44. The molecular weight excluding hydrogens is 232 g/mol. The van der Waals surface area contributed by atoms with Crippen molar-refractivity contribution in [3.05, 3.63) is 29.8 Å². The van der Waals surface area contributed by atoms with Gasteiger partial charge in [0.2, 0.25) is 5.91 Å². The standard InChI is InChI=1S/C13H18N2O3/c1-13(2,14)8-11(16)15-10-7-5-4-6-9(10)12(17)18-3/h4-7H,8,14H2,1-3H3,(H,15,16). The van der Waals surface area contributed by atoms with E-state index in [1.807, 2.05) is 0 Å². The van der Waals surface area contributed by atoms with E-state index in [4.69, 9.17) is 5.73 Å². The molecule has 1 aromatic rings. The number of anilines is 1. The van der Waals surface area contributed by atoms with Gasteiger partial charge in [0.1, 0.15) is 0 Å². The van der Waals surface area contributed by atoms with Gasteiger partial charge in [-0.3, -0.25) is 4.79 Å². The highest BCUT2D eigenvalue weighted by atomic mass is 16.5. The van der Waals surface area contributed by atoms with Gasteiger partial charge in [-0.25, -0.2) is 4.79 Å². The maximum absolute atomic E-state index is 11.7. The summed E-state index contributed by atoms with van der Waals surface area (Å²) < 4.78 is 4.64. The molecule has 0 atom stereocenters. The highest BCUT2D eigenvalue weighted by molar-refractivity contribution is 6.01. The van der Waals surface area contributed by atoms with Crippen molar-refractivity contribution in [1.29, 1.82) is 0 Å². The molecule has 0 aliphatic carbocycles. The summed E-state index contributed by atoms with van der Waals surface area (Å²) in [5.74, 6) is -0.725. The minimum Gasteiger partial charge on any atom is -0.465 e. The van der Waals surface area contributed by atoms with Crippen LogP contribution in [0, 0.1) is 0 Å². The summed E-state index contributed by atoms with van der Waals surface area (Å²) in [5.41, 5.74) is 5.92. The van der Waals surface area contributed by atoms with E-state index in [1.54, 1.807) is 38.1 Å². The van der Waals surface area contributed by atoms with Gasteiger partial charge in [-0.15, -0.1) is 0 Å². The number of carbonyl (C=O) groups is 2. The van der Waals surface area contributed by atoms with Crippen molar-refractivity contribution in [2.75, 3.05) is 12.4 Å². The molecule has 0 fully saturated rings. The molecule has 1 rings (SSSR count). The van der Waals surface area contributed by atoms with Crippen LogP contribution < -0.4 is 11.1 Å². The second-order valence-corrected chi connectivity index (χ2v) is 4.75. The van der Waals surface area contributed by atoms with Crippen LogP contribution >= 0.6 is 0 Å². The van der Waals surface area contributed by atoms with Gasteiger partial charge in [0.15, 0.2) is 0 Å². The Morgan fingerprint density at radius 3 is 2.50 bits per heavy atom. The van der Waals surface area contributed by atoms with E-state index in [-0.39, 0.29) is 12.3 Å². The van der Waals surface area contributed by atoms with Crippen molar-refractivity contribution in [1.82, 2.24) is 0 Å².